The standard InChI is InChI=1S/C15H26N2O4/c1-5-19-9-10-20-13(11-16)12-7-6-8-17(12)14(18)21-15(2,3)4/h12-13H,5-10H2,1-4H3/t12-,13?/m0/s1. The number of amides is 1. The van der Waals surface area contributed by atoms with Crippen LogP contribution in [0.5, 0.6) is 0 Å². The normalized spacial score (nSPS) is 20.1. The van der Waals surface area contributed by atoms with Crippen LogP contribution in [0, 0.1) is 11.3 Å². The van der Waals surface area contributed by atoms with Gasteiger partial charge in [-0.15, -0.1) is 0 Å². The van der Waals surface area contributed by atoms with Crippen LogP contribution in [-0.2, 0) is 14.2 Å². The van der Waals surface area contributed by atoms with Gasteiger partial charge in [0.05, 0.1) is 25.3 Å². The predicted octanol–water partition coefficient (Wildman–Crippen LogP) is 2.33. The van der Waals surface area contributed by atoms with Crippen LogP contribution in [0.15, 0.2) is 0 Å². The molecule has 0 aromatic carbocycles. The second kappa shape index (κ2) is 8.20. The maximum Gasteiger partial charge on any atom is 0.410 e. The lowest BCUT2D eigenvalue weighted by molar-refractivity contribution is -0.0165. The second-order valence-corrected chi connectivity index (χ2v) is 6.00. The van der Waals surface area contributed by atoms with Crippen LogP contribution in [0.1, 0.15) is 40.5 Å². The Hall–Kier alpha value is -1.32. The molecule has 21 heavy (non-hydrogen) atoms. The highest BCUT2D eigenvalue weighted by molar-refractivity contribution is 5.69. The van der Waals surface area contributed by atoms with Crippen LogP contribution in [-0.4, -0.2) is 55.1 Å². The molecule has 0 aliphatic carbocycles. The van der Waals surface area contributed by atoms with Gasteiger partial charge in [-0.1, -0.05) is 0 Å². The van der Waals surface area contributed by atoms with Crippen molar-refractivity contribution in [3.63, 3.8) is 0 Å². The minimum atomic E-state index is -0.638. The van der Waals surface area contributed by atoms with E-state index in [1.807, 2.05) is 27.7 Å². The third-order valence-electron chi connectivity index (χ3n) is 3.13. The Bertz CT molecular complexity index is 373. The molecular weight excluding hydrogens is 272 g/mol. The van der Waals surface area contributed by atoms with Crippen molar-refractivity contribution in [2.24, 2.45) is 0 Å². The van der Waals surface area contributed by atoms with E-state index < -0.39 is 11.7 Å². The molecule has 1 heterocycles. The van der Waals surface area contributed by atoms with Gasteiger partial charge < -0.3 is 19.1 Å². The Morgan fingerprint density at radius 2 is 2.14 bits per heavy atom. The molecule has 0 saturated carbocycles. The molecule has 0 bridgehead atoms. The number of likely N-dealkylation sites (tertiary alicyclic amines) is 1. The number of ether oxygens (including phenoxy) is 3. The third-order valence-corrected chi connectivity index (χ3v) is 3.13. The fourth-order valence-electron chi connectivity index (χ4n) is 2.27. The Balaban J connectivity index is 2.57. The average molecular weight is 298 g/mol. The summed E-state index contributed by atoms with van der Waals surface area (Å²) < 4.78 is 16.1. The molecule has 1 fully saturated rings. The van der Waals surface area contributed by atoms with Gasteiger partial charge in [0.2, 0.25) is 0 Å². The van der Waals surface area contributed by atoms with E-state index in [2.05, 4.69) is 6.07 Å². The summed E-state index contributed by atoms with van der Waals surface area (Å²) in [4.78, 5) is 13.8. The van der Waals surface area contributed by atoms with Crippen LogP contribution in [0.4, 0.5) is 4.79 Å². The van der Waals surface area contributed by atoms with Crippen LogP contribution < -0.4 is 0 Å². The molecule has 1 rings (SSSR count). The van der Waals surface area contributed by atoms with E-state index in [-0.39, 0.29) is 12.1 Å². The highest BCUT2D eigenvalue weighted by Crippen LogP contribution is 2.24. The minimum Gasteiger partial charge on any atom is -0.444 e. The maximum atomic E-state index is 12.2. The lowest BCUT2D eigenvalue weighted by Gasteiger charge is -2.30. The van der Waals surface area contributed by atoms with Crippen molar-refractivity contribution in [1.29, 1.82) is 5.26 Å². The van der Waals surface area contributed by atoms with Crippen molar-refractivity contribution < 1.29 is 19.0 Å². The topological polar surface area (TPSA) is 71.8 Å². The van der Waals surface area contributed by atoms with E-state index in [0.717, 1.165) is 12.8 Å². The first kappa shape index (κ1) is 17.7. The van der Waals surface area contributed by atoms with Gasteiger partial charge in [-0.25, -0.2) is 4.79 Å². The first-order chi connectivity index (χ1) is 9.89. The van der Waals surface area contributed by atoms with Gasteiger partial charge in [-0.3, -0.25) is 0 Å². The summed E-state index contributed by atoms with van der Waals surface area (Å²) in [5, 5.41) is 9.28. The largest absolute Gasteiger partial charge is 0.444 e. The van der Waals surface area contributed by atoms with E-state index in [9.17, 15) is 10.1 Å². The third kappa shape index (κ3) is 5.90. The summed E-state index contributed by atoms with van der Waals surface area (Å²) in [5.74, 6) is 0. The molecule has 1 aliphatic heterocycles. The zero-order chi connectivity index (χ0) is 15.9. The summed E-state index contributed by atoms with van der Waals surface area (Å²) in [6.45, 7) is 9.42. The molecule has 6 nitrogen and oxygen atoms in total. The van der Waals surface area contributed by atoms with E-state index in [1.54, 1.807) is 4.90 Å². The fourth-order valence-corrected chi connectivity index (χ4v) is 2.27. The maximum absolute atomic E-state index is 12.2. The summed E-state index contributed by atoms with van der Waals surface area (Å²) in [5.41, 5.74) is -0.539. The number of carbonyl (C=O) groups is 1. The Morgan fingerprint density at radius 3 is 2.71 bits per heavy atom. The predicted molar refractivity (Wildman–Crippen MR) is 77.8 cm³/mol. The molecule has 0 N–H and O–H groups in total. The van der Waals surface area contributed by atoms with E-state index in [4.69, 9.17) is 14.2 Å². The van der Waals surface area contributed by atoms with Crippen molar-refractivity contribution in [3.05, 3.63) is 0 Å². The molecule has 1 amide bonds. The molecule has 6 heteroatoms. The Kier molecular flexibility index (Phi) is 6.93. The Labute approximate surface area is 126 Å². The molecule has 2 atom stereocenters. The summed E-state index contributed by atoms with van der Waals surface area (Å²) in [6.07, 6.45) is 0.599. The number of hydrogen-bond acceptors (Lipinski definition) is 5. The van der Waals surface area contributed by atoms with Gasteiger partial charge in [0.1, 0.15) is 5.60 Å². The smallest absolute Gasteiger partial charge is 0.410 e. The molecule has 0 radical (unpaired) electrons. The molecule has 0 spiro atoms. The second-order valence-electron chi connectivity index (χ2n) is 6.00. The fraction of sp³-hybridized carbons (Fsp3) is 0.867. The molecule has 1 unspecified atom stereocenters. The van der Waals surface area contributed by atoms with Gasteiger partial charge in [0, 0.05) is 13.2 Å². The van der Waals surface area contributed by atoms with Crippen molar-refractivity contribution in [2.45, 2.75) is 58.3 Å². The van der Waals surface area contributed by atoms with Gasteiger partial charge in [-0.2, -0.15) is 5.26 Å². The highest BCUT2D eigenvalue weighted by atomic mass is 16.6. The molecule has 0 aromatic rings. The van der Waals surface area contributed by atoms with E-state index >= 15 is 0 Å². The van der Waals surface area contributed by atoms with Gasteiger partial charge in [-0.05, 0) is 40.5 Å². The lowest BCUT2D eigenvalue weighted by atomic mass is 10.1. The molecular formula is C15H26N2O4. The first-order valence-electron chi connectivity index (χ1n) is 7.47. The number of nitriles is 1. The molecule has 0 aromatic heterocycles. The van der Waals surface area contributed by atoms with Crippen LogP contribution >= 0.6 is 0 Å². The zero-order valence-electron chi connectivity index (χ0n) is 13.4. The lowest BCUT2D eigenvalue weighted by Crippen LogP contribution is -2.45. The number of rotatable bonds is 6. The monoisotopic (exact) mass is 298 g/mol. The van der Waals surface area contributed by atoms with Gasteiger partial charge >= 0.3 is 6.09 Å². The van der Waals surface area contributed by atoms with Crippen molar-refractivity contribution in [1.82, 2.24) is 4.90 Å². The van der Waals surface area contributed by atoms with Crippen molar-refractivity contribution in [3.8, 4) is 6.07 Å². The van der Waals surface area contributed by atoms with Crippen LogP contribution in [0.25, 0.3) is 0 Å². The van der Waals surface area contributed by atoms with Gasteiger partial charge in [0.25, 0.3) is 0 Å². The van der Waals surface area contributed by atoms with E-state index in [0.29, 0.717) is 26.4 Å². The molecule has 1 aliphatic rings. The van der Waals surface area contributed by atoms with Crippen LogP contribution in [0.2, 0.25) is 0 Å². The van der Waals surface area contributed by atoms with Crippen molar-refractivity contribution in [2.75, 3.05) is 26.4 Å². The van der Waals surface area contributed by atoms with E-state index in [1.165, 1.54) is 0 Å². The Morgan fingerprint density at radius 1 is 1.43 bits per heavy atom. The zero-order valence-corrected chi connectivity index (χ0v) is 13.4. The highest BCUT2D eigenvalue weighted by Gasteiger charge is 2.37. The van der Waals surface area contributed by atoms with Gasteiger partial charge in [0.15, 0.2) is 6.10 Å². The summed E-state index contributed by atoms with van der Waals surface area (Å²) >= 11 is 0. The quantitative estimate of drug-likeness (QED) is 0.704. The van der Waals surface area contributed by atoms with Crippen LogP contribution in [0.3, 0.4) is 0 Å². The van der Waals surface area contributed by atoms with Crippen molar-refractivity contribution >= 4 is 6.09 Å². The number of nitrogens with zero attached hydrogens (tertiary/aromatic N) is 2. The molecule has 120 valence electrons. The first-order valence-corrected chi connectivity index (χ1v) is 7.47. The minimum absolute atomic E-state index is 0.244. The SMILES string of the molecule is CCOCCOC(C#N)[C@@H]1CCCN1C(=O)OC(C)(C)C. The number of hydrogen-bond donors (Lipinski definition) is 0. The molecule has 1 saturated heterocycles. The summed E-state index contributed by atoms with van der Waals surface area (Å²) in [7, 11) is 0. The summed E-state index contributed by atoms with van der Waals surface area (Å²) in [6, 6.07) is 1.90. The number of carbonyl (C=O) groups excluding carboxylic acids is 1. The average Bonchev–Trinajstić information content (AvgIpc) is 2.86.